The maximum absolute atomic E-state index is 12.8. The number of sulfonamides is 1. The summed E-state index contributed by atoms with van der Waals surface area (Å²) in [6.07, 6.45) is 8.85. The highest BCUT2D eigenvalue weighted by molar-refractivity contribution is 7.89. The van der Waals surface area contributed by atoms with Crippen molar-refractivity contribution in [1.29, 1.82) is 0 Å². The van der Waals surface area contributed by atoms with Crippen LogP contribution in [0.15, 0.2) is 47.4 Å². The molecule has 1 aliphatic carbocycles. The van der Waals surface area contributed by atoms with Crippen molar-refractivity contribution in [2.75, 3.05) is 45.2 Å². The Bertz CT molecular complexity index is 1120. The van der Waals surface area contributed by atoms with Gasteiger partial charge in [0.25, 0.3) is 0 Å². The molecule has 0 bridgehead atoms. The second-order valence-electron chi connectivity index (χ2n) is 11.1. The molecule has 1 saturated heterocycles. The maximum atomic E-state index is 12.8. The quantitative estimate of drug-likeness (QED) is 0.552. The summed E-state index contributed by atoms with van der Waals surface area (Å²) in [5.41, 5.74) is 3.98. The van der Waals surface area contributed by atoms with Crippen molar-refractivity contribution in [3.8, 4) is 5.75 Å². The summed E-state index contributed by atoms with van der Waals surface area (Å²) in [5.74, 6) is 2.48. The Hall–Kier alpha value is -2.09. The summed E-state index contributed by atoms with van der Waals surface area (Å²) >= 11 is 0. The van der Waals surface area contributed by atoms with E-state index in [9.17, 15) is 8.42 Å². The maximum Gasteiger partial charge on any atom is 0.240 e. The number of benzene rings is 2. The molecule has 0 amide bonds. The van der Waals surface area contributed by atoms with Crippen molar-refractivity contribution in [3.63, 3.8) is 0 Å². The van der Waals surface area contributed by atoms with Gasteiger partial charge >= 0.3 is 0 Å². The predicted molar refractivity (Wildman–Crippen MR) is 146 cm³/mol. The van der Waals surface area contributed by atoms with E-state index in [1.54, 1.807) is 12.1 Å². The SMILES string of the molecule is CN(C)c1ccc(S(=O)(=O)NC2CCC(CCN3CCC(c4cccc5c4CCO5)CC3)CC2)cc1. The van der Waals surface area contributed by atoms with E-state index in [1.165, 1.54) is 50.0 Å². The van der Waals surface area contributed by atoms with Gasteiger partial charge in [0.2, 0.25) is 10.0 Å². The lowest BCUT2D eigenvalue weighted by atomic mass is 9.83. The number of nitrogens with one attached hydrogen (secondary N) is 1. The van der Waals surface area contributed by atoms with Gasteiger partial charge in [-0.05, 0) is 112 Å². The van der Waals surface area contributed by atoms with Crippen LogP contribution in [0.1, 0.15) is 62.0 Å². The summed E-state index contributed by atoms with van der Waals surface area (Å²) in [5, 5.41) is 0. The summed E-state index contributed by atoms with van der Waals surface area (Å²) in [7, 11) is 0.438. The van der Waals surface area contributed by atoms with Gasteiger partial charge in [-0.2, -0.15) is 0 Å². The number of anilines is 1. The minimum Gasteiger partial charge on any atom is -0.493 e. The van der Waals surface area contributed by atoms with Crippen molar-refractivity contribution in [2.24, 2.45) is 5.92 Å². The predicted octanol–water partition coefficient (Wildman–Crippen LogP) is 4.79. The minimum atomic E-state index is -3.47. The normalized spacial score (nSPS) is 23.3. The molecule has 1 N–H and O–H groups in total. The molecule has 2 fully saturated rings. The fourth-order valence-corrected chi connectivity index (χ4v) is 7.55. The van der Waals surface area contributed by atoms with Crippen LogP contribution in [0, 0.1) is 5.92 Å². The van der Waals surface area contributed by atoms with Crippen molar-refractivity contribution in [2.45, 2.75) is 68.2 Å². The van der Waals surface area contributed by atoms with Gasteiger partial charge in [0, 0.05) is 37.8 Å². The number of piperidine rings is 1. The van der Waals surface area contributed by atoms with Crippen LogP contribution in [0.3, 0.4) is 0 Å². The van der Waals surface area contributed by atoms with Crippen LogP contribution >= 0.6 is 0 Å². The van der Waals surface area contributed by atoms with Gasteiger partial charge in [-0.15, -0.1) is 0 Å². The van der Waals surface area contributed by atoms with Crippen LogP contribution in [0.2, 0.25) is 0 Å². The first-order valence-corrected chi connectivity index (χ1v) is 15.1. The zero-order chi connectivity index (χ0) is 25.1. The van der Waals surface area contributed by atoms with Crippen molar-refractivity contribution < 1.29 is 13.2 Å². The Labute approximate surface area is 217 Å². The van der Waals surface area contributed by atoms with E-state index in [2.05, 4.69) is 27.8 Å². The van der Waals surface area contributed by atoms with E-state index in [0.29, 0.717) is 16.7 Å². The summed E-state index contributed by atoms with van der Waals surface area (Å²) in [6.45, 7) is 4.36. The largest absolute Gasteiger partial charge is 0.493 e. The van der Waals surface area contributed by atoms with Crippen LogP contribution in [0.5, 0.6) is 5.75 Å². The topological polar surface area (TPSA) is 61.9 Å². The highest BCUT2D eigenvalue weighted by Gasteiger charge is 2.28. The first-order valence-electron chi connectivity index (χ1n) is 13.7. The summed E-state index contributed by atoms with van der Waals surface area (Å²) in [4.78, 5) is 4.96. The molecule has 3 aliphatic rings. The number of fused-ring (bicyclic) bond motifs is 1. The zero-order valence-corrected chi connectivity index (χ0v) is 22.6. The van der Waals surface area contributed by atoms with Crippen LogP contribution in [-0.4, -0.2) is 59.7 Å². The molecule has 2 aromatic rings. The lowest BCUT2D eigenvalue weighted by Gasteiger charge is -2.35. The Balaban J connectivity index is 1.04. The number of rotatable bonds is 8. The number of likely N-dealkylation sites (tertiary alicyclic amines) is 1. The van der Waals surface area contributed by atoms with Gasteiger partial charge in [0.1, 0.15) is 5.75 Å². The molecule has 1 saturated carbocycles. The highest BCUT2D eigenvalue weighted by Crippen LogP contribution is 2.37. The molecule has 2 aliphatic heterocycles. The molecule has 0 radical (unpaired) electrons. The molecule has 0 aromatic heterocycles. The molecule has 2 heterocycles. The summed E-state index contributed by atoms with van der Waals surface area (Å²) < 4.78 is 34.4. The first-order chi connectivity index (χ1) is 17.4. The number of hydrogen-bond donors (Lipinski definition) is 1. The van der Waals surface area contributed by atoms with Crippen LogP contribution in [0.25, 0.3) is 0 Å². The molecule has 0 unspecified atom stereocenters. The number of nitrogens with zero attached hydrogens (tertiary/aromatic N) is 2. The Kier molecular flexibility index (Phi) is 7.89. The van der Waals surface area contributed by atoms with E-state index in [-0.39, 0.29) is 6.04 Å². The molecule has 196 valence electrons. The van der Waals surface area contributed by atoms with E-state index < -0.39 is 10.0 Å². The van der Waals surface area contributed by atoms with E-state index in [1.807, 2.05) is 31.1 Å². The van der Waals surface area contributed by atoms with E-state index >= 15 is 0 Å². The average molecular weight is 512 g/mol. The van der Waals surface area contributed by atoms with Gasteiger partial charge in [-0.1, -0.05) is 12.1 Å². The zero-order valence-electron chi connectivity index (χ0n) is 21.8. The third-order valence-corrected chi connectivity index (χ3v) is 10.0. The monoisotopic (exact) mass is 511 g/mol. The van der Waals surface area contributed by atoms with Gasteiger partial charge in [-0.25, -0.2) is 13.1 Å². The highest BCUT2D eigenvalue weighted by atomic mass is 32.2. The summed E-state index contributed by atoms with van der Waals surface area (Å²) in [6, 6.07) is 13.7. The molecular weight excluding hydrogens is 470 g/mol. The van der Waals surface area contributed by atoms with E-state index in [0.717, 1.165) is 50.1 Å². The van der Waals surface area contributed by atoms with Crippen molar-refractivity contribution in [1.82, 2.24) is 9.62 Å². The second kappa shape index (κ2) is 11.1. The van der Waals surface area contributed by atoms with Crippen molar-refractivity contribution in [3.05, 3.63) is 53.6 Å². The molecule has 0 spiro atoms. The van der Waals surface area contributed by atoms with Crippen LogP contribution in [-0.2, 0) is 16.4 Å². The third kappa shape index (κ3) is 5.90. The van der Waals surface area contributed by atoms with Crippen LogP contribution in [0.4, 0.5) is 5.69 Å². The molecule has 36 heavy (non-hydrogen) atoms. The number of ether oxygens (including phenoxy) is 1. The molecule has 0 atom stereocenters. The van der Waals surface area contributed by atoms with Gasteiger partial charge in [0.15, 0.2) is 0 Å². The lowest BCUT2D eigenvalue weighted by molar-refractivity contribution is 0.185. The van der Waals surface area contributed by atoms with Gasteiger partial charge in [0.05, 0.1) is 11.5 Å². The van der Waals surface area contributed by atoms with Gasteiger partial charge < -0.3 is 14.5 Å². The fourth-order valence-electron chi connectivity index (χ4n) is 6.24. The average Bonchev–Trinajstić information content (AvgIpc) is 3.38. The number of hydrogen-bond acceptors (Lipinski definition) is 5. The molecule has 5 rings (SSSR count). The van der Waals surface area contributed by atoms with Crippen molar-refractivity contribution >= 4 is 15.7 Å². The first kappa shape index (κ1) is 25.6. The smallest absolute Gasteiger partial charge is 0.240 e. The van der Waals surface area contributed by atoms with E-state index in [4.69, 9.17) is 4.74 Å². The Morgan fingerprint density at radius 1 is 0.972 bits per heavy atom. The van der Waals surface area contributed by atoms with Crippen LogP contribution < -0.4 is 14.4 Å². The Morgan fingerprint density at radius 3 is 2.39 bits per heavy atom. The standard InChI is InChI=1S/C29H41N3O3S/c1-31(2)25-10-12-26(13-11-25)36(33,34)30-24-8-6-22(7-9-24)14-18-32-19-15-23(16-20-32)27-4-3-5-29-28(27)17-21-35-29/h3-5,10-13,22-24,30H,6-9,14-21H2,1-2H3. The minimum absolute atomic E-state index is 0.0482. The van der Waals surface area contributed by atoms with Gasteiger partial charge in [-0.3, -0.25) is 0 Å². The fraction of sp³-hybridized carbons (Fsp3) is 0.586. The molecular formula is C29H41N3O3S. The third-order valence-electron chi connectivity index (χ3n) is 8.49. The molecule has 6 nitrogen and oxygen atoms in total. The molecule has 2 aromatic carbocycles. The lowest BCUT2D eigenvalue weighted by Crippen LogP contribution is -2.38. The Morgan fingerprint density at radius 2 is 1.69 bits per heavy atom. The second-order valence-corrected chi connectivity index (χ2v) is 12.8. The molecule has 7 heteroatoms.